The van der Waals surface area contributed by atoms with Crippen LogP contribution in [-0.4, -0.2) is 26.9 Å². The zero-order valence-electron chi connectivity index (χ0n) is 7.03. The van der Waals surface area contributed by atoms with Crippen LogP contribution >= 0.6 is 0 Å². The zero-order chi connectivity index (χ0) is 8.55. The van der Waals surface area contributed by atoms with Crippen molar-refractivity contribution in [2.75, 3.05) is 6.54 Å². The number of carbonyl (C=O) groups excluding carboxylic acids is 1. The number of nitrogens with zero attached hydrogens (tertiary/aromatic N) is 3. The number of carbonyl (C=O) groups is 1. The molecular formula is C8H11N3O. The van der Waals surface area contributed by atoms with E-state index in [1.54, 1.807) is 13.1 Å². The minimum atomic E-state index is 0.129. The average molecular weight is 165 g/mol. The second kappa shape index (κ2) is 2.62. The SMILES string of the molecule is CC(=O)N1CCn2ccnc2C1. The van der Waals surface area contributed by atoms with Crippen LogP contribution in [0, 0.1) is 0 Å². The number of imidazole rings is 1. The lowest BCUT2D eigenvalue weighted by molar-refractivity contribution is -0.130. The van der Waals surface area contributed by atoms with Gasteiger partial charge in [0.1, 0.15) is 5.82 Å². The Labute approximate surface area is 70.8 Å². The van der Waals surface area contributed by atoms with E-state index in [2.05, 4.69) is 9.55 Å². The topological polar surface area (TPSA) is 38.1 Å². The maximum Gasteiger partial charge on any atom is 0.219 e. The van der Waals surface area contributed by atoms with Gasteiger partial charge in [0.05, 0.1) is 6.54 Å². The Morgan fingerprint density at radius 1 is 1.58 bits per heavy atom. The summed E-state index contributed by atoms with van der Waals surface area (Å²) in [6.07, 6.45) is 3.73. The van der Waals surface area contributed by atoms with Gasteiger partial charge in [-0.1, -0.05) is 0 Å². The highest BCUT2D eigenvalue weighted by Crippen LogP contribution is 2.09. The van der Waals surface area contributed by atoms with E-state index < -0.39 is 0 Å². The molecule has 0 aliphatic carbocycles. The van der Waals surface area contributed by atoms with Gasteiger partial charge in [0, 0.05) is 32.4 Å². The van der Waals surface area contributed by atoms with E-state index in [9.17, 15) is 4.79 Å². The number of aromatic nitrogens is 2. The van der Waals surface area contributed by atoms with Gasteiger partial charge in [0.15, 0.2) is 0 Å². The van der Waals surface area contributed by atoms with Crippen LogP contribution in [0.15, 0.2) is 12.4 Å². The third kappa shape index (κ3) is 1.09. The predicted molar refractivity (Wildman–Crippen MR) is 43.3 cm³/mol. The Morgan fingerprint density at radius 3 is 3.17 bits per heavy atom. The lowest BCUT2D eigenvalue weighted by Gasteiger charge is -2.26. The molecule has 0 atom stereocenters. The first-order valence-electron chi connectivity index (χ1n) is 4.03. The van der Waals surface area contributed by atoms with Gasteiger partial charge in [0.2, 0.25) is 5.91 Å². The molecular weight excluding hydrogens is 154 g/mol. The summed E-state index contributed by atoms with van der Waals surface area (Å²) >= 11 is 0. The molecule has 1 aromatic heterocycles. The monoisotopic (exact) mass is 165 g/mol. The quantitative estimate of drug-likeness (QED) is 0.552. The van der Waals surface area contributed by atoms with Gasteiger partial charge in [-0.2, -0.15) is 0 Å². The third-order valence-corrected chi connectivity index (χ3v) is 2.19. The summed E-state index contributed by atoms with van der Waals surface area (Å²) in [6, 6.07) is 0. The summed E-state index contributed by atoms with van der Waals surface area (Å²) in [7, 11) is 0. The lowest BCUT2D eigenvalue weighted by Crippen LogP contribution is -2.36. The molecule has 0 N–H and O–H groups in total. The number of amides is 1. The fraction of sp³-hybridized carbons (Fsp3) is 0.500. The molecule has 0 aromatic carbocycles. The fourth-order valence-corrected chi connectivity index (χ4v) is 1.44. The standard InChI is InChI=1S/C8H11N3O/c1-7(12)11-5-4-10-3-2-9-8(10)6-11/h2-3H,4-6H2,1H3. The molecule has 64 valence electrons. The average Bonchev–Trinajstić information content (AvgIpc) is 2.49. The summed E-state index contributed by atoms with van der Waals surface area (Å²) in [5.74, 6) is 1.11. The van der Waals surface area contributed by atoms with Crippen molar-refractivity contribution >= 4 is 5.91 Å². The van der Waals surface area contributed by atoms with Crippen molar-refractivity contribution in [3.8, 4) is 0 Å². The molecule has 12 heavy (non-hydrogen) atoms. The third-order valence-electron chi connectivity index (χ3n) is 2.19. The number of hydrogen-bond donors (Lipinski definition) is 0. The van der Waals surface area contributed by atoms with E-state index in [4.69, 9.17) is 0 Å². The van der Waals surface area contributed by atoms with E-state index in [1.807, 2.05) is 11.1 Å². The Bertz CT molecular complexity index is 305. The van der Waals surface area contributed by atoms with Crippen LogP contribution in [0.4, 0.5) is 0 Å². The maximum atomic E-state index is 11.0. The second-order valence-corrected chi connectivity index (χ2v) is 2.98. The van der Waals surface area contributed by atoms with Gasteiger partial charge in [-0.25, -0.2) is 4.98 Å². The van der Waals surface area contributed by atoms with E-state index in [0.29, 0.717) is 6.54 Å². The van der Waals surface area contributed by atoms with E-state index in [1.165, 1.54) is 0 Å². The van der Waals surface area contributed by atoms with Crippen LogP contribution < -0.4 is 0 Å². The molecule has 0 spiro atoms. The van der Waals surface area contributed by atoms with Crippen LogP contribution in [-0.2, 0) is 17.9 Å². The Kier molecular flexibility index (Phi) is 1.60. The zero-order valence-corrected chi connectivity index (χ0v) is 7.03. The second-order valence-electron chi connectivity index (χ2n) is 2.98. The number of rotatable bonds is 0. The molecule has 0 bridgehead atoms. The Hall–Kier alpha value is -1.32. The van der Waals surface area contributed by atoms with Crippen LogP contribution in [0.1, 0.15) is 12.7 Å². The highest BCUT2D eigenvalue weighted by Gasteiger charge is 2.17. The summed E-state index contributed by atoms with van der Waals surface area (Å²) in [6.45, 7) is 3.93. The van der Waals surface area contributed by atoms with Gasteiger partial charge >= 0.3 is 0 Å². The molecule has 0 unspecified atom stereocenters. The van der Waals surface area contributed by atoms with E-state index in [0.717, 1.165) is 18.9 Å². The molecule has 1 aliphatic heterocycles. The first-order chi connectivity index (χ1) is 5.77. The highest BCUT2D eigenvalue weighted by molar-refractivity contribution is 5.73. The summed E-state index contributed by atoms with van der Waals surface area (Å²) in [5.41, 5.74) is 0. The predicted octanol–water partition coefficient (Wildman–Crippen LogP) is 0.245. The molecule has 0 radical (unpaired) electrons. The van der Waals surface area contributed by atoms with Crippen LogP contribution in [0.25, 0.3) is 0 Å². The van der Waals surface area contributed by atoms with Crippen molar-refractivity contribution < 1.29 is 4.79 Å². The molecule has 1 aliphatic rings. The van der Waals surface area contributed by atoms with Gasteiger partial charge in [-0.05, 0) is 0 Å². The molecule has 4 nitrogen and oxygen atoms in total. The minimum absolute atomic E-state index is 0.129. The van der Waals surface area contributed by atoms with Crippen LogP contribution in [0.3, 0.4) is 0 Å². The molecule has 0 saturated heterocycles. The first kappa shape index (κ1) is 7.34. The van der Waals surface area contributed by atoms with Crippen molar-refractivity contribution in [2.24, 2.45) is 0 Å². The largest absolute Gasteiger partial charge is 0.334 e. The summed E-state index contributed by atoms with van der Waals surface area (Å²) in [4.78, 5) is 17.0. The van der Waals surface area contributed by atoms with Gasteiger partial charge < -0.3 is 9.47 Å². The molecule has 2 heterocycles. The number of hydrogen-bond acceptors (Lipinski definition) is 2. The Morgan fingerprint density at radius 2 is 2.42 bits per heavy atom. The van der Waals surface area contributed by atoms with Gasteiger partial charge in [0.25, 0.3) is 0 Å². The molecule has 4 heteroatoms. The van der Waals surface area contributed by atoms with Gasteiger partial charge in [-0.3, -0.25) is 4.79 Å². The summed E-state index contributed by atoms with van der Waals surface area (Å²) < 4.78 is 2.08. The van der Waals surface area contributed by atoms with Crippen molar-refractivity contribution in [1.29, 1.82) is 0 Å². The molecule has 0 fully saturated rings. The smallest absolute Gasteiger partial charge is 0.219 e. The molecule has 2 rings (SSSR count). The molecule has 0 saturated carbocycles. The fourth-order valence-electron chi connectivity index (χ4n) is 1.44. The van der Waals surface area contributed by atoms with Crippen LogP contribution in [0.2, 0.25) is 0 Å². The lowest BCUT2D eigenvalue weighted by atomic mass is 10.3. The summed E-state index contributed by atoms with van der Waals surface area (Å²) in [5, 5.41) is 0. The maximum absolute atomic E-state index is 11.0. The van der Waals surface area contributed by atoms with Crippen molar-refractivity contribution in [3.63, 3.8) is 0 Å². The van der Waals surface area contributed by atoms with Crippen molar-refractivity contribution in [2.45, 2.75) is 20.0 Å². The highest BCUT2D eigenvalue weighted by atomic mass is 16.2. The van der Waals surface area contributed by atoms with Crippen molar-refractivity contribution in [1.82, 2.24) is 14.5 Å². The molecule has 1 aromatic rings. The van der Waals surface area contributed by atoms with Crippen LogP contribution in [0.5, 0.6) is 0 Å². The number of fused-ring (bicyclic) bond motifs is 1. The Balaban J connectivity index is 2.20. The van der Waals surface area contributed by atoms with E-state index in [-0.39, 0.29) is 5.91 Å². The minimum Gasteiger partial charge on any atom is -0.334 e. The van der Waals surface area contributed by atoms with E-state index >= 15 is 0 Å². The van der Waals surface area contributed by atoms with Gasteiger partial charge in [-0.15, -0.1) is 0 Å². The first-order valence-corrected chi connectivity index (χ1v) is 4.03. The normalized spacial score (nSPS) is 15.9. The molecule has 1 amide bonds. The van der Waals surface area contributed by atoms with Crippen molar-refractivity contribution in [3.05, 3.63) is 18.2 Å².